The van der Waals surface area contributed by atoms with Crippen LogP contribution in [0.2, 0.25) is 0 Å². The normalized spacial score (nSPS) is 24.5. The van der Waals surface area contributed by atoms with Gasteiger partial charge in [0.2, 0.25) is 0 Å². The second-order valence-corrected chi connectivity index (χ2v) is 5.58. The topological polar surface area (TPSA) is 52.3 Å². The molecule has 3 nitrogen and oxygen atoms in total. The van der Waals surface area contributed by atoms with E-state index in [-0.39, 0.29) is 17.9 Å². The molecule has 2 N–H and O–H groups in total. The minimum Gasteiger partial charge on any atom is -0.465 e. The highest BCUT2D eigenvalue weighted by atomic mass is 32.1. The van der Waals surface area contributed by atoms with Gasteiger partial charge in [0.15, 0.2) is 0 Å². The van der Waals surface area contributed by atoms with Crippen molar-refractivity contribution in [2.24, 2.45) is 11.7 Å². The molecule has 1 aliphatic carbocycles. The van der Waals surface area contributed by atoms with Crippen LogP contribution in [0.4, 0.5) is 0 Å². The summed E-state index contributed by atoms with van der Waals surface area (Å²) in [6, 6.07) is 4.07. The van der Waals surface area contributed by atoms with E-state index in [4.69, 9.17) is 10.5 Å². The van der Waals surface area contributed by atoms with Crippen LogP contribution in [0.3, 0.4) is 0 Å². The number of hydrogen-bond acceptors (Lipinski definition) is 4. The highest BCUT2D eigenvalue weighted by molar-refractivity contribution is 7.09. The molecule has 17 heavy (non-hydrogen) atoms. The molecular formula is C13H19NO2S. The van der Waals surface area contributed by atoms with E-state index < -0.39 is 0 Å². The lowest BCUT2D eigenvalue weighted by Crippen LogP contribution is -2.39. The first kappa shape index (κ1) is 12.6. The van der Waals surface area contributed by atoms with Gasteiger partial charge in [-0.15, -0.1) is 11.3 Å². The first-order valence-electron chi connectivity index (χ1n) is 6.22. The minimum atomic E-state index is -0.103. The van der Waals surface area contributed by atoms with Crippen molar-refractivity contribution in [1.82, 2.24) is 0 Å². The number of esters is 1. The quantitative estimate of drug-likeness (QED) is 0.838. The molecule has 0 bridgehead atoms. The lowest BCUT2D eigenvalue weighted by Gasteiger charge is -2.26. The summed E-state index contributed by atoms with van der Waals surface area (Å²) in [4.78, 5) is 13.1. The molecule has 0 radical (unpaired) electrons. The fourth-order valence-electron chi connectivity index (χ4n) is 2.27. The summed E-state index contributed by atoms with van der Waals surface area (Å²) in [5.41, 5.74) is 5.95. The second kappa shape index (κ2) is 6.17. The second-order valence-electron chi connectivity index (χ2n) is 4.55. The van der Waals surface area contributed by atoms with Crippen LogP contribution in [-0.4, -0.2) is 18.6 Å². The van der Waals surface area contributed by atoms with E-state index in [2.05, 4.69) is 6.07 Å². The van der Waals surface area contributed by atoms with Gasteiger partial charge >= 0.3 is 5.97 Å². The van der Waals surface area contributed by atoms with Gasteiger partial charge in [0.05, 0.1) is 12.5 Å². The van der Waals surface area contributed by atoms with Crippen molar-refractivity contribution in [3.05, 3.63) is 22.4 Å². The largest absolute Gasteiger partial charge is 0.465 e. The molecular weight excluding hydrogens is 234 g/mol. The number of carbonyl (C=O) groups is 1. The van der Waals surface area contributed by atoms with Crippen LogP contribution in [-0.2, 0) is 16.0 Å². The standard InChI is InChI=1S/C13H19NO2S/c14-12-6-2-1-5-11(12)13(15)16-8-7-10-4-3-9-17-10/h3-4,9,11-12H,1-2,5-8,14H2. The smallest absolute Gasteiger partial charge is 0.310 e. The monoisotopic (exact) mass is 253 g/mol. The molecule has 94 valence electrons. The van der Waals surface area contributed by atoms with Gasteiger partial charge in [0.1, 0.15) is 0 Å². The predicted octanol–water partition coefficient (Wildman–Crippen LogP) is 2.35. The Morgan fingerprint density at radius 3 is 3.00 bits per heavy atom. The maximum absolute atomic E-state index is 11.8. The Morgan fingerprint density at radius 1 is 1.47 bits per heavy atom. The van der Waals surface area contributed by atoms with Crippen molar-refractivity contribution in [2.45, 2.75) is 38.1 Å². The van der Waals surface area contributed by atoms with Gasteiger partial charge in [-0.3, -0.25) is 4.79 Å². The third-order valence-corrected chi connectivity index (χ3v) is 4.23. The summed E-state index contributed by atoms with van der Waals surface area (Å²) in [6.07, 6.45) is 4.88. The van der Waals surface area contributed by atoms with E-state index in [1.54, 1.807) is 11.3 Å². The van der Waals surface area contributed by atoms with Gasteiger partial charge in [-0.1, -0.05) is 18.9 Å². The Kier molecular flexibility index (Phi) is 4.57. The lowest BCUT2D eigenvalue weighted by atomic mass is 9.85. The van der Waals surface area contributed by atoms with Gasteiger partial charge < -0.3 is 10.5 Å². The van der Waals surface area contributed by atoms with Crippen LogP contribution < -0.4 is 5.73 Å². The molecule has 1 aromatic heterocycles. The van der Waals surface area contributed by atoms with E-state index in [1.165, 1.54) is 4.88 Å². The van der Waals surface area contributed by atoms with E-state index in [9.17, 15) is 4.79 Å². The van der Waals surface area contributed by atoms with Gasteiger partial charge in [0.25, 0.3) is 0 Å². The molecule has 0 saturated heterocycles. The summed E-state index contributed by atoms with van der Waals surface area (Å²) in [5, 5.41) is 2.04. The molecule has 1 aliphatic rings. The van der Waals surface area contributed by atoms with Crippen molar-refractivity contribution >= 4 is 17.3 Å². The molecule has 2 atom stereocenters. The molecule has 0 spiro atoms. The summed E-state index contributed by atoms with van der Waals surface area (Å²) in [7, 11) is 0. The highest BCUT2D eigenvalue weighted by Gasteiger charge is 2.29. The minimum absolute atomic E-state index is 0.00186. The zero-order valence-electron chi connectivity index (χ0n) is 9.93. The van der Waals surface area contributed by atoms with Crippen LogP contribution in [0.1, 0.15) is 30.6 Å². The Bertz CT molecular complexity index is 350. The first-order valence-corrected chi connectivity index (χ1v) is 7.10. The Morgan fingerprint density at radius 2 is 2.29 bits per heavy atom. The number of carbonyl (C=O) groups excluding carboxylic acids is 1. The zero-order valence-corrected chi connectivity index (χ0v) is 10.7. The molecule has 2 rings (SSSR count). The molecule has 0 aliphatic heterocycles. The summed E-state index contributed by atoms with van der Waals surface area (Å²) in [5.74, 6) is -0.180. The average molecular weight is 253 g/mol. The fraction of sp³-hybridized carbons (Fsp3) is 0.615. The third-order valence-electron chi connectivity index (χ3n) is 3.30. The molecule has 1 fully saturated rings. The van der Waals surface area contributed by atoms with Crippen molar-refractivity contribution in [1.29, 1.82) is 0 Å². The number of rotatable bonds is 4. The number of thiophene rings is 1. The number of nitrogens with two attached hydrogens (primary N) is 1. The number of hydrogen-bond donors (Lipinski definition) is 1. The Hall–Kier alpha value is -0.870. The molecule has 0 amide bonds. The summed E-state index contributed by atoms with van der Waals surface area (Å²) >= 11 is 1.69. The van der Waals surface area contributed by atoms with Crippen LogP contribution in [0, 0.1) is 5.92 Å². The highest BCUT2D eigenvalue weighted by Crippen LogP contribution is 2.24. The predicted molar refractivity (Wildman–Crippen MR) is 68.9 cm³/mol. The van der Waals surface area contributed by atoms with Crippen molar-refractivity contribution in [3.63, 3.8) is 0 Å². The van der Waals surface area contributed by atoms with Gasteiger partial charge in [0, 0.05) is 17.3 Å². The van der Waals surface area contributed by atoms with Crippen molar-refractivity contribution < 1.29 is 9.53 Å². The van der Waals surface area contributed by atoms with Crippen molar-refractivity contribution in [3.8, 4) is 0 Å². The first-order chi connectivity index (χ1) is 8.27. The van der Waals surface area contributed by atoms with E-state index in [0.717, 1.165) is 32.1 Å². The van der Waals surface area contributed by atoms with E-state index in [1.807, 2.05) is 11.4 Å². The maximum Gasteiger partial charge on any atom is 0.310 e. The van der Waals surface area contributed by atoms with Gasteiger partial charge in [-0.25, -0.2) is 0 Å². The average Bonchev–Trinajstić information content (AvgIpc) is 2.82. The van der Waals surface area contributed by atoms with Crippen LogP contribution >= 0.6 is 11.3 Å². The summed E-state index contributed by atoms with van der Waals surface area (Å²) < 4.78 is 5.31. The molecule has 1 saturated carbocycles. The third kappa shape index (κ3) is 3.54. The maximum atomic E-state index is 11.8. The Balaban J connectivity index is 1.73. The SMILES string of the molecule is NC1CCCCC1C(=O)OCCc1cccs1. The fourth-order valence-corrected chi connectivity index (χ4v) is 2.96. The van der Waals surface area contributed by atoms with E-state index >= 15 is 0 Å². The molecule has 1 aromatic rings. The zero-order chi connectivity index (χ0) is 12.1. The van der Waals surface area contributed by atoms with Gasteiger partial charge in [-0.2, -0.15) is 0 Å². The summed E-state index contributed by atoms with van der Waals surface area (Å²) in [6.45, 7) is 0.475. The van der Waals surface area contributed by atoms with Crippen LogP contribution in [0.25, 0.3) is 0 Å². The molecule has 4 heteroatoms. The van der Waals surface area contributed by atoms with E-state index in [0.29, 0.717) is 6.61 Å². The molecule has 0 aromatic carbocycles. The lowest BCUT2D eigenvalue weighted by molar-refractivity contribution is -0.150. The Labute approximate surface area is 106 Å². The number of ether oxygens (including phenoxy) is 1. The van der Waals surface area contributed by atoms with Crippen molar-refractivity contribution in [2.75, 3.05) is 6.61 Å². The van der Waals surface area contributed by atoms with Gasteiger partial charge in [-0.05, 0) is 24.3 Å². The van der Waals surface area contributed by atoms with Crippen LogP contribution in [0.15, 0.2) is 17.5 Å². The van der Waals surface area contributed by atoms with Crippen LogP contribution in [0.5, 0.6) is 0 Å². The molecule has 1 heterocycles. The molecule has 2 unspecified atom stereocenters.